The zero-order valence-electron chi connectivity index (χ0n) is 32.7. The van der Waals surface area contributed by atoms with Crippen LogP contribution in [0.4, 0.5) is 0 Å². The van der Waals surface area contributed by atoms with Crippen LogP contribution in [0.5, 0.6) is 0 Å². The number of hydrogen-bond acceptors (Lipinski definition) is 4. The van der Waals surface area contributed by atoms with E-state index in [1.54, 1.807) is 0 Å². The molecule has 284 valence electrons. The molecule has 6 nitrogen and oxygen atoms in total. The average Bonchev–Trinajstić information content (AvgIpc) is 3.98. The van der Waals surface area contributed by atoms with Crippen LogP contribution in [0.1, 0.15) is 0 Å². The molecular formula is C55H33N5O. The molecule has 0 bridgehead atoms. The van der Waals surface area contributed by atoms with Gasteiger partial charge in [-0.15, -0.1) is 0 Å². The molecule has 0 atom stereocenters. The maximum atomic E-state index is 6.13. The van der Waals surface area contributed by atoms with Gasteiger partial charge in [0.15, 0.2) is 11.4 Å². The predicted octanol–water partition coefficient (Wildman–Crippen LogP) is 14.1. The van der Waals surface area contributed by atoms with E-state index in [-0.39, 0.29) is 0 Å². The average molecular weight is 780 g/mol. The zero-order chi connectivity index (χ0) is 40.0. The molecule has 0 saturated carbocycles. The molecule has 13 aromatic rings. The van der Waals surface area contributed by atoms with Crippen molar-refractivity contribution < 1.29 is 4.42 Å². The summed E-state index contributed by atoms with van der Waals surface area (Å²) in [5.74, 6) is 0.706. The van der Waals surface area contributed by atoms with Gasteiger partial charge in [0, 0.05) is 61.0 Å². The van der Waals surface area contributed by atoms with Gasteiger partial charge in [-0.3, -0.25) is 4.98 Å². The molecule has 0 N–H and O–H groups in total. The van der Waals surface area contributed by atoms with Crippen molar-refractivity contribution >= 4 is 76.6 Å². The lowest BCUT2D eigenvalue weighted by Gasteiger charge is -2.12. The summed E-state index contributed by atoms with van der Waals surface area (Å²) in [6.07, 6.45) is 1.82. The standard InChI is InChI=1S/C55H33N5O/c1-2-11-34(12-3-1)53-43-15-4-7-16-46(43)57-55(58-53)35-20-24-38(25-21-35)59-47-17-8-5-13-40(47)42-27-22-37(32-50(42)59)36-23-28-49-44(31-36)41-14-6-9-18-48(41)60(49)39-26-29-51-45(33-39)54-52(61-51)19-10-30-56-54/h1-33H. The van der Waals surface area contributed by atoms with Gasteiger partial charge in [0.1, 0.15) is 11.1 Å². The fraction of sp³-hybridized carbons (Fsp3) is 0. The van der Waals surface area contributed by atoms with Crippen LogP contribution in [-0.4, -0.2) is 24.1 Å². The first kappa shape index (κ1) is 33.6. The van der Waals surface area contributed by atoms with Crippen molar-refractivity contribution in [2.24, 2.45) is 0 Å². The third kappa shape index (κ3) is 5.19. The van der Waals surface area contributed by atoms with Crippen molar-refractivity contribution in [3.05, 3.63) is 200 Å². The van der Waals surface area contributed by atoms with Gasteiger partial charge in [0.25, 0.3) is 0 Å². The monoisotopic (exact) mass is 779 g/mol. The highest BCUT2D eigenvalue weighted by molar-refractivity contribution is 6.13. The van der Waals surface area contributed by atoms with Crippen molar-refractivity contribution in [2.75, 3.05) is 0 Å². The molecule has 8 aromatic carbocycles. The Morgan fingerprint density at radius 2 is 1.00 bits per heavy atom. The second-order valence-electron chi connectivity index (χ2n) is 15.6. The van der Waals surface area contributed by atoms with Gasteiger partial charge in [0.2, 0.25) is 0 Å². The second-order valence-corrected chi connectivity index (χ2v) is 15.6. The van der Waals surface area contributed by atoms with E-state index in [0.29, 0.717) is 5.82 Å². The van der Waals surface area contributed by atoms with E-state index >= 15 is 0 Å². The number of rotatable bonds is 5. The Balaban J connectivity index is 0.933. The summed E-state index contributed by atoms with van der Waals surface area (Å²) in [7, 11) is 0. The first-order chi connectivity index (χ1) is 30.2. The largest absolute Gasteiger partial charge is 0.454 e. The molecule has 0 radical (unpaired) electrons. The molecule has 0 aliphatic carbocycles. The van der Waals surface area contributed by atoms with Crippen molar-refractivity contribution in [2.45, 2.75) is 0 Å². The number of pyridine rings is 1. The number of hydrogen-bond donors (Lipinski definition) is 0. The number of nitrogens with zero attached hydrogens (tertiary/aromatic N) is 5. The third-order valence-corrected chi connectivity index (χ3v) is 12.2. The molecule has 13 rings (SSSR count). The van der Waals surface area contributed by atoms with Gasteiger partial charge in [-0.05, 0) is 102 Å². The predicted molar refractivity (Wildman–Crippen MR) is 250 cm³/mol. The maximum Gasteiger partial charge on any atom is 0.160 e. The maximum absolute atomic E-state index is 6.13. The normalized spacial score (nSPS) is 11.9. The quantitative estimate of drug-likeness (QED) is 0.175. The first-order valence-electron chi connectivity index (χ1n) is 20.5. The summed E-state index contributed by atoms with van der Waals surface area (Å²) >= 11 is 0. The first-order valence-corrected chi connectivity index (χ1v) is 20.5. The Bertz CT molecular complexity index is 3880. The lowest BCUT2D eigenvalue weighted by molar-refractivity contribution is 0.668. The molecule has 0 unspecified atom stereocenters. The van der Waals surface area contributed by atoms with Crippen LogP contribution in [0.25, 0.3) is 122 Å². The minimum absolute atomic E-state index is 0.706. The van der Waals surface area contributed by atoms with Gasteiger partial charge in [-0.25, -0.2) is 9.97 Å². The number of aromatic nitrogens is 5. The second kappa shape index (κ2) is 13.1. The summed E-state index contributed by atoms with van der Waals surface area (Å²) in [6.45, 7) is 0. The smallest absolute Gasteiger partial charge is 0.160 e. The Hall–Kier alpha value is -8.35. The Labute approximate surface area is 349 Å². The van der Waals surface area contributed by atoms with E-state index < -0.39 is 0 Å². The van der Waals surface area contributed by atoms with Crippen LogP contribution in [-0.2, 0) is 0 Å². The number of fused-ring (bicyclic) bond motifs is 10. The molecule has 61 heavy (non-hydrogen) atoms. The lowest BCUT2D eigenvalue weighted by Crippen LogP contribution is -1.97. The fourth-order valence-corrected chi connectivity index (χ4v) is 9.37. The van der Waals surface area contributed by atoms with Crippen LogP contribution in [0.15, 0.2) is 205 Å². The molecule has 0 saturated heterocycles. The lowest BCUT2D eigenvalue weighted by atomic mass is 10.0. The Kier molecular flexibility index (Phi) is 7.21. The summed E-state index contributed by atoms with van der Waals surface area (Å²) in [5.41, 5.74) is 15.5. The fourth-order valence-electron chi connectivity index (χ4n) is 9.37. The topological polar surface area (TPSA) is 61.7 Å². The number of para-hydroxylation sites is 3. The van der Waals surface area contributed by atoms with Crippen molar-refractivity contribution in [3.8, 4) is 45.1 Å². The van der Waals surface area contributed by atoms with E-state index in [2.05, 4.69) is 178 Å². The van der Waals surface area contributed by atoms with Crippen LogP contribution in [0, 0.1) is 0 Å². The minimum atomic E-state index is 0.706. The highest BCUT2D eigenvalue weighted by Crippen LogP contribution is 2.40. The SMILES string of the molecule is c1ccc(-c2nc(-c3ccc(-n4c5ccccc5c5ccc(-c6ccc7c(c6)c6ccccc6n7-c6ccc7oc8cccnc8c7c6)cc54)cc3)nc3ccccc23)cc1. The molecule has 0 aliphatic rings. The number of benzene rings is 8. The zero-order valence-corrected chi connectivity index (χ0v) is 32.7. The van der Waals surface area contributed by atoms with Crippen LogP contribution < -0.4 is 0 Å². The van der Waals surface area contributed by atoms with Crippen molar-refractivity contribution in [1.82, 2.24) is 24.1 Å². The summed E-state index contributed by atoms with van der Waals surface area (Å²) < 4.78 is 10.9. The Morgan fingerprint density at radius 3 is 1.84 bits per heavy atom. The highest BCUT2D eigenvalue weighted by Gasteiger charge is 2.18. The molecule has 0 amide bonds. The van der Waals surface area contributed by atoms with Crippen LogP contribution in [0.3, 0.4) is 0 Å². The molecule has 6 heteroatoms. The molecule has 5 heterocycles. The molecular weight excluding hydrogens is 747 g/mol. The van der Waals surface area contributed by atoms with Gasteiger partial charge in [0.05, 0.1) is 33.3 Å². The van der Waals surface area contributed by atoms with E-state index in [4.69, 9.17) is 14.4 Å². The molecule has 0 fully saturated rings. The summed E-state index contributed by atoms with van der Waals surface area (Å²) in [4.78, 5) is 14.8. The Morgan fingerprint density at radius 1 is 0.361 bits per heavy atom. The molecule has 0 aliphatic heterocycles. The van der Waals surface area contributed by atoms with Gasteiger partial charge >= 0.3 is 0 Å². The van der Waals surface area contributed by atoms with Crippen LogP contribution in [0.2, 0.25) is 0 Å². The van der Waals surface area contributed by atoms with E-state index in [9.17, 15) is 0 Å². The summed E-state index contributed by atoms with van der Waals surface area (Å²) in [6, 6.07) is 68.6. The van der Waals surface area contributed by atoms with Gasteiger partial charge in [-0.2, -0.15) is 0 Å². The van der Waals surface area contributed by atoms with Crippen LogP contribution >= 0.6 is 0 Å². The van der Waals surface area contributed by atoms with E-state index in [1.165, 1.54) is 21.5 Å². The number of furan rings is 1. The van der Waals surface area contributed by atoms with Gasteiger partial charge < -0.3 is 13.6 Å². The van der Waals surface area contributed by atoms with Crippen molar-refractivity contribution in [3.63, 3.8) is 0 Å². The highest BCUT2D eigenvalue weighted by atomic mass is 16.3. The summed E-state index contributed by atoms with van der Waals surface area (Å²) in [5, 5.41) is 6.88. The molecule has 5 aromatic heterocycles. The minimum Gasteiger partial charge on any atom is -0.454 e. The van der Waals surface area contributed by atoms with Gasteiger partial charge in [-0.1, -0.05) is 103 Å². The van der Waals surface area contributed by atoms with E-state index in [0.717, 1.165) is 94.4 Å². The van der Waals surface area contributed by atoms with E-state index in [1.807, 2.05) is 36.5 Å². The molecule has 0 spiro atoms. The van der Waals surface area contributed by atoms with Crippen molar-refractivity contribution in [1.29, 1.82) is 0 Å². The third-order valence-electron chi connectivity index (χ3n) is 12.2.